The summed E-state index contributed by atoms with van der Waals surface area (Å²) in [4.78, 5) is 10.7. The molecule has 0 unspecified atom stereocenters. The van der Waals surface area contributed by atoms with E-state index in [2.05, 4.69) is 27.7 Å². The smallest absolute Gasteiger partial charge is 0.303 e. The van der Waals surface area contributed by atoms with Crippen LogP contribution in [0.15, 0.2) is 0 Å². The summed E-state index contributed by atoms with van der Waals surface area (Å²) < 4.78 is 0. The number of carboxylic acids is 1. The Morgan fingerprint density at radius 1 is 1.21 bits per heavy atom. The summed E-state index contributed by atoms with van der Waals surface area (Å²) in [6.07, 6.45) is 4.88. The van der Waals surface area contributed by atoms with Gasteiger partial charge in [0.1, 0.15) is 0 Å². The van der Waals surface area contributed by atoms with Crippen molar-refractivity contribution in [2.75, 3.05) is 0 Å². The topological polar surface area (TPSA) is 37.3 Å². The fourth-order valence-electron chi connectivity index (χ4n) is 2.16. The maximum absolute atomic E-state index is 10.7. The molecule has 0 rings (SSSR count). The summed E-state index contributed by atoms with van der Waals surface area (Å²) in [5, 5.41) is 8.83. The van der Waals surface area contributed by atoms with Gasteiger partial charge in [0.2, 0.25) is 0 Å². The molecule has 14 heavy (non-hydrogen) atoms. The molecule has 0 radical (unpaired) electrons. The molecule has 0 aliphatic carbocycles. The largest absolute Gasteiger partial charge is 0.481 e. The van der Waals surface area contributed by atoms with E-state index in [0.717, 1.165) is 25.7 Å². The lowest BCUT2D eigenvalue weighted by Crippen LogP contribution is -2.27. The first-order chi connectivity index (χ1) is 6.44. The molecular weight excluding hydrogens is 176 g/mol. The second-order valence-electron chi connectivity index (χ2n) is 4.83. The third-order valence-electron chi connectivity index (χ3n) is 2.99. The van der Waals surface area contributed by atoms with Crippen molar-refractivity contribution in [1.82, 2.24) is 0 Å². The molecule has 0 spiro atoms. The zero-order valence-corrected chi connectivity index (χ0v) is 9.97. The molecule has 0 aromatic carbocycles. The van der Waals surface area contributed by atoms with Gasteiger partial charge in [0, 0.05) is 0 Å². The molecule has 1 N–H and O–H groups in total. The summed E-state index contributed by atoms with van der Waals surface area (Å²) in [5.41, 5.74) is -0.0577. The Bertz CT molecular complexity index is 167. The van der Waals surface area contributed by atoms with Gasteiger partial charge in [-0.05, 0) is 11.3 Å². The first-order valence-electron chi connectivity index (χ1n) is 5.65. The van der Waals surface area contributed by atoms with Gasteiger partial charge in [-0.15, -0.1) is 0 Å². The van der Waals surface area contributed by atoms with Gasteiger partial charge in [0.15, 0.2) is 0 Å². The SMILES string of the molecule is CCCC(CCC)C(C)(C)CC(=O)O. The molecule has 0 saturated carbocycles. The van der Waals surface area contributed by atoms with Crippen LogP contribution >= 0.6 is 0 Å². The Labute approximate surface area is 87.7 Å². The van der Waals surface area contributed by atoms with Gasteiger partial charge in [0.25, 0.3) is 0 Å². The van der Waals surface area contributed by atoms with Crippen LogP contribution in [-0.4, -0.2) is 11.1 Å². The van der Waals surface area contributed by atoms with Crippen molar-refractivity contribution in [3.05, 3.63) is 0 Å². The minimum absolute atomic E-state index is 0.0577. The number of rotatable bonds is 7. The van der Waals surface area contributed by atoms with Crippen LogP contribution in [0, 0.1) is 11.3 Å². The van der Waals surface area contributed by atoms with Gasteiger partial charge in [-0.25, -0.2) is 0 Å². The van der Waals surface area contributed by atoms with Crippen LogP contribution in [0.4, 0.5) is 0 Å². The lowest BCUT2D eigenvalue weighted by atomic mass is 9.72. The van der Waals surface area contributed by atoms with Crippen molar-refractivity contribution in [3.63, 3.8) is 0 Å². The van der Waals surface area contributed by atoms with E-state index >= 15 is 0 Å². The van der Waals surface area contributed by atoms with E-state index < -0.39 is 5.97 Å². The zero-order valence-electron chi connectivity index (χ0n) is 9.97. The first kappa shape index (κ1) is 13.5. The molecular formula is C12H24O2. The van der Waals surface area contributed by atoms with Crippen LogP contribution < -0.4 is 0 Å². The van der Waals surface area contributed by atoms with E-state index in [-0.39, 0.29) is 11.8 Å². The minimum Gasteiger partial charge on any atom is -0.481 e. The summed E-state index contributed by atoms with van der Waals surface area (Å²) >= 11 is 0. The van der Waals surface area contributed by atoms with Crippen LogP contribution in [0.1, 0.15) is 59.8 Å². The molecule has 84 valence electrons. The predicted molar refractivity (Wildman–Crippen MR) is 59.3 cm³/mol. The van der Waals surface area contributed by atoms with Crippen LogP contribution in [0.5, 0.6) is 0 Å². The Kier molecular flexibility index (Phi) is 5.82. The van der Waals surface area contributed by atoms with Crippen molar-refractivity contribution in [2.24, 2.45) is 11.3 Å². The third-order valence-corrected chi connectivity index (χ3v) is 2.99. The van der Waals surface area contributed by atoms with Crippen LogP contribution in [0.3, 0.4) is 0 Å². The molecule has 2 nitrogen and oxygen atoms in total. The Balaban J connectivity index is 4.35. The molecule has 0 fully saturated rings. The summed E-state index contributed by atoms with van der Waals surface area (Å²) in [6.45, 7) is 8.49. The Morgan fingerprint density at radius 2 is 1.64 bits per heavy atom. The van der Waals surface area contributed by atoms with Crippen molar-refractivity contribution >= 4 is 5.97 Å². The highest BCUT2D eigenvalue weighted by atomic mass is 16.4. The Morgan fingerprint density at radius 3 is 1.93 bits per heavy atom. The van der Waals surface area contributed by atoms with Crippen LogP contribution in [0.2, 0.25) is 0 Å². The number of hydrogen-bond acceptors (Lipinski definition) is 1. The quantitative estimate of drug-likeness (QED) is 0.680. The fourth-order valence-corrected chi connectivity index (χ4v) is 2.16. The predicted octanol–water partition coefficient (Wildman–Crippen LogP) is 3.70. The lowest BCUT2D eigenvalue weighted by molar-refractivity contribution is -0.140. The van der Waals surface area contributed by atoms with Gasteiger partial charge in [-0.2, -0.15) is 0 Å². The highest BCUT2D eigenvalue weighted by Crippen LogP contribution is 2.36. The van der Waals surface area contributed by atoms with Crippen molar-refractivity contribution in [2.45, 2.75) is 59.8 Å². The van der Waals surface area contributed by atoms with Gasteiger partial charge in [-0.1, -0.05) is 53.4 Å². The van der Waals surface area contributed by atoms with Crippen LogP contribution in [0.25, 0.3) is 0 Å². The standard InChI is InChI=1S/C12H24O2/c1-5-7-10(8-6-2)12(3,4)9-11(13)14/h10H,5-9H2,1-4H3,(H,13,14). The second kappa shape index (κ2) is 6.05. The summed E-state index contributed by atoms with van der Waals surface area (Å²) in [7, 11) is 0. The average molecular weight is 200 g/mol. The van der Waals surface area contributed by atoms with Gasteiger partial charge >= 0.3 is 5.97 Å². The minimum atomic E-state index is -0.674. The summed E-state index contributed by atoms with van der Waals surface area (Å²) in [5.74, 6) is -0.124. The molecule has 0 bridgehead atoms. The molecule has 0 aromatic rings. The van der Waals surface area contributed by atoms with E-state index in [4.69, 9.17) is 5.11 Å². The highest BCUT2D eigenvalue weighted by Gasteiger charge is 2.30. The summed E-state index contributed by atoms with van der Waals surface area (Å²) in [6, 6.07) is 0. The lowest BCUT2D eigenvalue weighted by Gasteiger charge is -2.33. The molecule has 0 aliphatic rings. The highest BCUT2D eigenvalue weighted by molar-refractivity contribution is 5.67. The normalized spacial score (nSPS) is 12.1. The first-order valence-corrected chi connectivity index (χ1v) is 5.65. The molecule has 2 heteroatoms. The van der Waals surface area contributed by atoms with Crippen LogP contribution in [-0.2, 0) is 4.79 Å². The van der Waals surface area contributed by atoms with Gasteiger partial charge < -0.3 is 5.11 Å². The van der Waals surface area contributed by atoms with E-state index in [1.54, 1.807) is 0 Å². The van der Waals surface area contributed by atoms with Crippen molar-refractivity contribution in [1.29, 1.82) is 0 Å². The molecule has 0 aromatic heterocycles. The van der Waals surface area contributed by atoms with Crippen molar-refractivity contribution in [3.8, 4) is 0 Å². The molecule has 0 saturated heterocycles. The van der Waals surface area contributed by atoms with E-state index in [1.165, 1.54) is 0 Å². The number of carbonyl (C=O) groups is 1. The fraction of sp³-hybridized carbons (Fsp3) is 0.917. The monoisotopic (exact) mass is 200 g/mol. The molecule has 0 aliphatic heterocycles. The average Bonchev–Trinajstić information content (AvgIpc) is 2.01. The van der Waals surface area contributed by atoms with E-state index in [1.807, 2.05) is 0 Å². The third kappa shape index (κ3) is 4.64. The molecule has 0 amide bonds. The Hall–Kier alpha value is -0.530. The maximum atomic E-state index is 10.7. The zero-order chi connectivity index (χ0) is 11.2. The molecule has 0 atom stereocenters. The number of aliphatic carboxylic acids is 1. The number of carboxylic acid groups (broad SMARTS) is 1. The van der Waals surface area contributed by atoms with E-state index in [9.17, 15) is 4.79 Å². The number of hydrogen-bond donors (Lipinski definition) is 1. The molecule has 0 heterocycles. The van der Waals surface area contributed by atoms with Gasteiger partial charge in [-0.3, -0.25) is 4.79 Å². The van der Waals surface area contributed by atoms with Gasteiger partial charge in [0.05, 0.1) is 6.42 Å². The maximum Gasteiger partial charge on any atom is 0.303 e. The van der Waals surface area contributed by atoms with E-state index in [0.29, 0.717) is 5.92 Å². The second-order valence-corrected chi connectivity index (χ2v) is 4.83. The van der Waals surface area contributed by atoms with Crippen molar-refractivity contribution < 1.29 is 9.90 Å².